The zero-order valence-corrected chi connectivity index (χ0v) is 11.6. The summed E-state index contributed by atoms with van der Waals surface area (Å²) in [6.07, 6.45) is 0. The van der Waals surface area contributed by atoms with Crippen LogP contribution in [0.4, 0.5) is 0 Å². The highest BCUT2D eigenvalue weighted by molar-refractivity contribution is 7.99. The predicted molar refractivity (Wildman–Crippen MR) is 74.5 cm³/mol. The van der Waals surface area contributed by atoms with Crippen LogP contribution in [0.25, 0.3) is 0 Å². The van der Waals surface area contributed by atoms with Crippen molar-refractivity contribution in [1.29, 1.82) is 5.41 Å². The molecule has 2 rings (SSSR count). The predicted octanol–water partition coefficient (Wildman–Crippen LogP) is 2.82. The lowest BCUT2D eigenvalue weighted by Gasteiger charge is -2.08. The van der Waals surface area contributed by atoms with Gasteiger partial charge in [0, 0.05) is 22.5 Å². The van der Waals surface area contributed by atoms with Crippen LogP contribution in [0.2, 0.25) is 5.02 Å². The van der Waals surface area contributed by atoms with E-state index in [0.29, 0.717) is 10.6 Å². The standard InChI is InChI=1S/C12H13ClN4S/c1-7-5-11(17(2)16-7)18-10-4-3-8(13)6-9(10)12(14)15/h3-6H,1-2H3,(H3,14,15). The molecule has 0 fully saturated rings. The molecule has 1 heterocycles. The number of nitrogen functional groups attached to an aromatic ring is 1. The van der Waals surface area contributed by atoms with Gasteiger partial charge in [-0.05, 0) is 31.2 Å². The average Bonchev–Trinajstić information content (AvgIpc) is 2.60. The fourth-order valence-electron chi connectivity index (χ4n) is 1.60. The quantitative estimate of drug-likeness (QED) is 0.671. The molecule has 0 aliphatic heterocycles. The molecule has 1 aromatic carbocycles. The first kappa shape index (κ1) is 13.0. The van der Waals surface area contributed by atoms with Crippen LogP contribution in [0, 0.1) is 12.3 Å². The fourth-order valence-corrected chi connectivity index (χ4v) is 2.81. The monoisotopic (exact) mass is 280 g/mol. The average molecular weight is 281 g/mol. The van der Waals surface area contributed by atoms with Crippen LogP contribution < -0.4 is 5.73 Å². The number of nitrogens with zero attached hydrogens (tertiary/aromatic N) is 2. The molecule has 6 heteroatoms. The van der Waals surface area contributed by atoms with Gasteiger partial charge >= 0.3 is 0 Å². The maximum atomic E-state index is 7.58. The molecule has 1 aromatic heterocycles. The summed E-state index contributed by atoms with van der Waals surface area (Å²) in [7, 11) is 1.89. The van der Waals surface area contributed by atoms with Gasteiger partial charge in [-0.2, -0.15) is 5.10 Å². The number of hydrogen-bond acceptors (Lipinski definition) is 3. The van der Waals surface area contributed by atoms with E-state index in [1.54, 1.807) is 16.8 Å². The van der Waals surface area contributed by atoms with Gasteiger partial charge in [0.05, 0.1) is 10.7 Å². The number of nitrogens with one attached hydrogen (secondary N) is 1. The normalized spacial score (nSPS) is 10.6. The zero-order chi connectivity index (χ0) is 13.3. The molecule has 0 bridgehead atoms. The molecule has 0 spiro atoms. The van der Waals surface area contributed by atoms with E-state index in [1.807, 2.05) is 26.1 Å². The second kappa shape index (κ2) is 5.04. The largest absolute Gasteiger partial charge is 0.384 e. The van der Waals surface area contributed by atoms with Crippen molar-refractivity contribution >= 4 is 29.2 Å². The van der Waals surface area contributed by atoms with E-state index in [9.17, 15) is 0 Å². The van der Waals surface area contributed by atoms with Gasteiger partial charge in [-0.3, -0.25) is 10.1 Å². The van der Waals surface area contributed by atoms with Crippen LogP contribution in [0.3, 0.4) is 0 Å². The van der Waals surface area contributed by atoms with Crippen LogP contribution in [-0.4, -0.2) is 15.6 Å². The molecule has 0 aliphatic rings. The Hall–Kier alpha value is -1.46. The molecule has 0 radical (unpaired) electrons. The minimum absolute atomic E-state index is 0.0129. The van der Waals surface area contributed by atoms with Crippen molar-refractivity contribution in [3.8, 4) is 0 Å². The van der Waals surface area contributed by atoms with Crippen molar-refractivity contribution in [1.82, 2.24) is 9.78 Å². The van der Waals surface area contributed by atoms with Gasteiger partial charge in [0.2, 0.25) is 0 Å². The summed E-state index contributed by atoms with van der Waals surface area (Å²) >= 11 is 7.44. The van der Waals surface area contributed by atoms with E-state index >= 15 is 0 Å². The van der Waals surface area contributed by atoms with Crippen molar-refractivity contribution in [3.63, 3.8) is 0 Å². The molecule has 18 heavy (non-hydrogen) atoms. The second-order valence-corrected chi connectivity index (χ2v) is 5.40. The molecule has 0 amide bonds. The summed E-state index contributed by atoms with van der Waals surface area (Å²) < 4.78 is 1.80. The second-order valence-electron chi connectivity index (χ2n) is 3.90. The SMILES string of the molecule is Cc1cc(Sc2ccc(Cl)cc2C(=N)N)n(C)n1. The maximum Gasteiger partial charge on any atom is 0.123 e. The van der Waals surface area contributed by atoms with Crippen LogP contribution in [0.1, 0.15) is 11.3 Å². The number of benzene rings is 1. The van der Waals surface area contributed by atoms with E-state index in [1.165, 1.54) is 11.8 Å². The Morgan fingerprint density at radius 2 is 2.17 bits per heavy atom. The Labute approximate surface area is 115 Å². The van der Waals surface area contributed by atoms with Gasteiger partial charge < -0.3 is 5.73 Å². The first-order valence-corrected chi connectivity index (χ1v) is 6.49. The number of halogens is 1. The molecule has 0 saturated carbocycles. The van der Waals surface area contributed by atoms with Crippen LogP contribution in [0.5, 0.6) is 0 Å². The number of hydrogen-bond donors (Lipinski definition) is 2. The van der Waals surface area contributed by atoms with E-state index in [0.717, 1.165) is 15.6 Å². The lowest BCUT2D eigenvalue weighted by atomic mass is 10.2. The van der Waals surface area contributed by atoms with E-state index in [-0.39, 0.29) is 5.84 Å². The smallest absolute Gasteiger partial charge is 0.123 e. The minimum Gasteiger partial charge on any atom is -0.384 e. The first-order chi connectivity index (χ1) is 8.47. The number of aromatic nitrogens is 2. The molecule has 0 saturated heterocycles. The molecule has 94 valence electrons. The Balaban J connectivity index is 2.40. The third-order valence-electron chi connectivity index (χ3n) is 2.41. The maximum absolute atomic E-state index is 7.58. The Morgan fingerprint density at radius 3 is 2.72 bits per heavy atom. The van der Waals surface area contributed by atoms with Crippen LogP contribution >= 0.6 is 23.4 Å². The minimum atomic E-state index is 0.0129. The summed E-state index contributed by atoms with van der Waals surface area (Å²) in [5.41, 5.74) is 7.17. The van der Waals surface area contributed by atoms with Crippen molar-refractivity contribution < 1.29 is 0 Å². The van der Waals surface area contributed by atoms with Crippen molar-refractivity contribution in [3.05, 3.63) is 40.5 Å². The molecule has 0 unspecified atom stereocenters. The van der Waals surface area contributed by atoms with Crippen LogP contribution in [0.15, 0.2) is 34.2 Å². The number of nitrogens with two attached hydrogens (primary N) is 1. The molecular formula is C12H13ClN4S. The molecule has 4 nitrogen and oxygen atoms in total. The molecular weight excluding hydrogens is 268 g/mol. The molecule has 0 aliphatic carbocycles. The van der Waals surface area contributed by atoms with Gasteiger partial charge in [0.25, 0.3) is 0 Å². The molecule has 0 atom stereocenters. The highest BCUT2D eigenvalue weighted by Gasteiger charge is 2.10. The summed E-state index contributed by atoms with van der Waals surface area (Å²) in [6.45, 7) is 1.94. The number of aryl methyl sites for hydroxylation is 2. The number of amidine groups is 1. The summed E-state index contributed by atoms with van der Waals surface area (Å²) in [4.78, 5) is 0.898. The topological polar surface area (TPSA) is 67.7 Å². The van der Waals surface area contributed by atoms with Crippen LogP contribution in [-0.2, 0) is 7.05 Å². The van der Waals surface area contributed by atoms with Crippen molar-refractivity contribution in [2.24, 2.45) is 12.8 Å². The highest BCUT2D eigenvalue weighted by Crippen LogP contribution is 2.31. The summed E-state index contributed by atoms with van der Waals surface area (Å²) in [5, 5.41) is 13.4. The van der Waals surface area contributed by atoms with Crippen molar-refractivity contribution in [2.45, 2.75) is 16.8 Å². The van der Waals surface area contributed by atoms with Gasteiger partial charge in [-0.15, -0.1) is 0 Å². The van der Waals surface area contributed by atoms with Gasteiger partial charge in [-0.1, -0.05) is 23.4 Å². The Bertz CT molecular complexity index is 606. The van der Waals surface area contributed by atoms with Gasteiger partial charge in [0.1, 0.15) is 5.84 Å². The lowest BCUT2D eigenvalue weighted by molar-refractivity contribution is 0.692. The Kier molecular flexibility index (Phi) is 3.63. The third kappa shape index (κ3) is 2.68. The van der Waals surface area contributed by atoms with Crippen molar-refractivity contribution in [2.75, 3.05) is 0 Å². The third-order valence-corrected chi connectivity index (χ3v) is 3.81. The van der Waals surface area contributed by atoms with E-state index < -0.39 is 0 Å². The highest BCUT2D eigenvalue weighted by atomic mass is 35.5. The zero-order valence-electron chi connectivity index (χ0n) is 10.1. The molecule has 2 aromatic rings. The van der Waals surface area contributed by atoms with Gasteiger partial charge in [0.15, 0.2) is 0 Å². The Morgan fingerprint density at radius 1 is 1.44 bits per heavy atom. The lowest BCUT2D eigenvalue weighted by Crippen LogP contribution is -2.12. The first-order valence-electron chi connectivity index (χ1n) is 5.30. The van der Waals surface area contributed by atoms with E-state index in [2.05, 4.69) is 5.10 Å². The number of rotatable bonds is 3. The van der Waals surface area contributed by atoms with E-state index in [4.69, 9.17) is 22.7 Å². The molecule has 3 N–H and O–H groups in total. The fraction of sp³-hybridized carbons (Fsp3) is 0.167. The van der Waals surface area contributed by atoms with Gasteiger partial charge in [-0.25, -0.2) is 0 Å². The summed E-state index contributed by atoms with van der Waals surface area (Å²) in [6, 6.07) is 7.35. The summed E-state index contributed by atoms with van der Waals surface area (Å²) in [5.74, 6) is 0.0129.